The van der Waals surface area contributed by atoms with E-state index in [9.17, 15) is 9.59 Å². The number of rotatable bonds is 5. The molecule has 4 N–H and O–H groups in total. The molecule has 2 aromatic rings. The topological polar surface area (TPSA) is 102 Å². The second kappa shape index (κ2) is 6.37. The Balaban J connectivity index is 2.00. The second-order valence-electron chi connectivity index (χ2n) is 4.09. The number of benzene rings is 1. The predicted octanol–water partition coefficient (Wildman–Crippen LogP) is 0.157. The van der Waals surface area contributed by atoms with E-state index in [0.717, 1.165) is 11.3 Å². The largest absolute Gasteiger partial charge is 0.352 e. The van der Waals surface area contributed by atoms with E-state index in [1.54, 1.807) is 12.5 Å². The summed E-state index contributed by atoms with van der Waals surface area (Å²) in [5.74, 6) is -0.302. The number of nitrogens with two attached hydrogens (primary N) is 1. The molecule has 1 aromatic carbocycles. The average Bonchev–Trinajstić information content (AvgIpc) is 2.97. The molecule has 0 aliphatic rings. The van der Waals surface area contributed by atoms with Gasteiger partial charge in [0, 0.05) is 18.9 Å². The van der Waals surface area contributed by atoms with E-state index in [1.807, 2.05) is 35.0 Å². The van der Waals surface area contributed by atoms with Gasteiger partial charge in [0.15, 0.2) is 0 Å². The third kappa shape index (κ3) is 3.58. The predicted molar refractivity (Wildman–Crippen MR) is 73.0 cm³/mol. The highest BCUT2D eigenvalue weighted by Crippen LogP contribution is 2.13. The van der Waals surface area contributed by atoms with E-state index >= 15 is 0 Å². The molecule has 2 rings (SSSR count). The summed E-state index contributed by atoms with van der Waals surface area (Å²) < 4.78 is 1.86. The van der Waals surface area contributed by atoms with Gasteiger partial charge in [-0.1, -0.05) is 18.2 Å². The van der Waals surface area contributed by atoms with Crippen molar-refractivity contribution in [2.24, 2.45) is 5.73 Å². The Morgan fingerprint density at radius 3 is 2.75 bits per heavy atom. The van der Waals surface area contributed by atoms with Crippen LogP contribution in [0.3, 0.4) is 0 Å². The van der Waals surface area contributed by atoms with Crippen molar-refractivity contribution in [3.8, 4) is 5.69 Å². The molecule has 0 fully saturated rings. The van der Waals surface area contributed by atoms with Gasteiger partial charge in [-0.15, -0.1) is 0 Å². The van der Waals surface area contributed by atoms with Crippen molar-refractivity contribution in [2.45, 2.75) is 6.54 Å². The fraction of sp³-hybridized carbons (Fsp3) is 0.154. The van der Waals surface area contributed by atoms with Crippen LogP contribution in [0.25, 0.3) is 5.69 Å². The molecule has 0 saturated carbocycles. The molecule has 1 aromatic heterocycles. The van der Waals surface area contributed by atoms with E-state index in [-0.39, 0.29) is 12.5 Å². The van der Waals surface area contributed by atoms with Crippen molar-refractivity contribution in [3.63, 3.8) is 0 Å². The number of para-hydroxylation sites is 1. The van der Waals surface area contributed by atoms with Crippen LogP contribution >= 0.6 is 0 Å². The van der Waals surface area contributed by atoms with Crippen LogP contribution < -0.4 is 16.4 Å². The standard InChI is InChI=1S/C13H15N5O2/c14-13(20)17-8-12(19)16-7-10-3-1-2-4-11(10)18-6-5-15-9-18/h1-6,9H,7-8H2,(H,16,19)(H3,14,17,20). The Hall–Kier alpha value is -2.83. The van der Waals surface area contributed by atoms with E-state index < -0.39 is 6.03 Å². The molecule has 7 heteroatoms. The molecule has 3 amide bonds. The summed E-state index contributed by atoms with van der Waals surface area (Å²) in [7, 11) is 0. The fourth-order valence-electron chi connectivity index (χ4n) is 1.74. The van der Waals surface area contributed by atoms with Crippen LogP contribution in [-0.2, 0) is 11.3 Å². The van der Waals surface area contributed by atoms with Crippen molar-refractivity contribution in [1.82, 2.24) is 20.2 Å². The summed E-state index contributed by atoms with van der Waals surface area (Å²) in [5, 5.41) is 4.95. The van der Waals surface area contributed by atoms with E-state index in [1.165, 1.54) is 0 Å². The Bertz CT molecular complexity index is 595. The monoisotopic (exact) mass is 273 g/mol. The maximum atomic E-state index is 11.5. The van der Waals surface area contributed by atoms with E-state index in [0.29, 0.717) is 6.54 Å². The Kier molecular flexibility index (Phi) is 4.33. The van der Waals surface area contributed by atoms with Gasteiger partial charge in [0.25, 0.3) is 0 Å². The zero-order valence-electron chi connectivity index (χ0n) is 10.7. The lowest BCUT2D eigenvalue weighted by molar-refractivity contribution is -0.120. The normalized spacial score (nSPS) is 10.0. The summed E-state index contributed by atoms with van der Waals surface area (Å²) in [5.41, 5.74) is 6.78. The number of nitrogens with zero attached hydrogens (tertiary/aromatic N) is 2. The van der Waals surface area contributed by atoms with Gasteiger partial charge in [0.2, 0.25) is 5.91 Å². The van der Waals surface area contributed by atoms with Crippen LogP contribution in [0, 0.1) is 0 Å². The number of aromatic nitrogens is 2. The van der Waals surface area contributed by atoms with Crippen molar-refractivity contribution < 1.29 is 9.59 Å². The fourth-order valence-corrected chi connectivity index (χ4v) is 1.74. The lowest BCUT2D eigenvalue weighted by Crippen LogP contribution is -2.39. The van der Waals surface area contributed by atoms with Crippen molar-refractivity contribution in [1.29, 1.82) is 0 Å². The van der Waals surface area contributed by atoms with Gasteiger partial charge in [0.1, 0.15) is 0 Å². The minimum atomic E-state index is -0.723. The Morgan fingerprint density at radius 2 is 2.05 bits per heavy atom. The van der Waals surface area contributed by atoms with Crippen LogP contribution in [0.4, 0.5) is 4.79 Å². The van der Waals surface area contributed by atoms with Gasteiger partial charge >= 0.3 is 6.03 Å². The molecule has 20 heavy (non-hydrogen) atoms. The highest BCUT2D eigenvalue weighted by atomic mass is 16.2. The Morgan fingerprint density at radius 1 is 1.25 bits per heavy atom. The number of hydrogen-bond acceptors (Lipinski definition) is 3. The quantitative estimate of drug-likeness (QED) is 0.723. The summed E-state index contributed by atoms with van der Waals surface area (Å²) >= 11 is 0. The molecule has 0 unspecified atom stereocenters. The third-order valence-corrected chi connectivity index (χ3v) is 2.67. The van der Waals surface area contributed by atoms with Gasteiger partial charge in [-0.3, -0.25) is 4.79 Å². The summed E-state index contributed by atoms with van der Waals surface area (Å²) in [6.07, 6.45) is 5.21. The molecular formula is C13H15N5O2. The molecule has 0 radical (unpaired) electrons. The maximum absolute atomic E-state index is 11.5. The third-order valence-electron chi connectivity index (χ3n) is 2.67. The van der Waals surface area contributed by atoms with Gasteiger partial charge in [-0.25, -0.2) is 9.78 Å². The molecule has 104 valence electrons. The minimum Gasteiger partial charge on any atom is -0.352 e. The second-order valence-corrected chi connectivity index (χ2v) is 4.09. The zero-order valence-corrected chi connectivity index (χ0v) is 10.7. The first kappa shape index (κ1) is 13.6. The van der Waals surface area contributed by atoms with E-state index in [4.69, 9.17) is 5.73 Å². The minimum absolute atomic E-state index is 0.136. The number of carbonyl (C=O) groups is 2. The molecule has 0 saturated heterocycles. The molecule has 7 nitrogen and oxygen atoms in total. The lowest BCUT2D eigenvalue weighted by Gasteiger charge is -2.11. The molecule has 0 aliphatic carbocycles. The number of carbonyl (C=O) groups excluding carboxylic acids is 2. The smallest absolute Gasteiger partial charge is 0.312 e. The van der Waals surface area contributed by atoms with E-state index in [2.05, 4.69) is 15.6 Å². The van der Waals surface area contributed by atoms with Crippen molar-refractivity contribution in [3.05, 3.63) is 48.5 Å². The molecule has 0 bridgehead atoms. The molecule has 0 spiro atoms. The first-order chi connectivity index (χ1) is 9.66. The average molecular weight is 273 g/mol. The van der Waals surface area contributed by atoms with Gasteiger partial charge < -0.3 is 20.9 Å². The SMILES string of the molecule is NC(=O)NCC(=O)NCc1ccccc1-n1ccnc1. The van der Waals surface area contributed by atoms with Crippen LogP contribution in [0.15, 0.2) is 43.0 Å². The molecule has 0 atom stereocenters. The molecule has 0 aliphatic heterocycles. The Labute approximate surface area is 115 Å². The highest BCUT2D eigenvalue weighted by Gasteiger charge is 2.06. The van der Waals surface area contributed by atoms with Gasteiger partial charge in [0.05, 0.1) is 18.6 Å². The van der Waals surface area contributed by atoms with Crippen molar-refractivity contribution >= 4 is 11.9 Å². The first-order valence-corrected chi connectivity index (χ1v) is 6.03. The number of amides is 3. The molecule has 1 heterocycles. The van der Waals surface area contributed by atoms with Crippen LogP contribution in [-0.4, -0.2) is 28.0 Å². The van der Waals surface area contributed by atoms with Crippen LogP contribution in [0.5, 0.6) is 0 Å². The van der Waals surface area contributed by atoms with Crippen LogP contribution in [0.1, 0.15) is 5.56 Å². The first-order valence-electron chi connectivity index (χ1n) is 6.03. The lowest BCUT2D eigenvalue weighted by atomic mass is 10.1. The number of imidazole rings is 1. The summed E-state index contributed by atoms with van der Waals surface area (Å²) in [6.45, 7) is 0.218. The number of primary amides is 1. The number of urea groups is 1. The zero-order chi connectivity index (χ0) is 14.4. The maximum Gasteiger partial charge on any atom is 0.312 e. The highest BCUT2D eigenvalue weighted by molar-refractivity contribution is 5.83. The van der Waals surface area contributed by atoms with Crippen LogP contribution in [0.2, 0.25) is 0 Å². The molecular weight excluding hydrogens is 258 g/mol. The number of hydrogen-bond donors (Lipinski definition) is 3. The van der Waals surface area contributed by atoms with Crippen molar-refractivity contribution in [2.75, 3.05) is 6.54 Å². The number of nitrogens with one attached hydrogen (secondary N) is 2. The summed E-state index contributed by atoms with van der Waals surface area (Å²) in [4.78, 5) is 26.0. The van der Waals surface area contributed by atoms with Gasteiger partial charge in [-0.2, -0.15) is 0 Å². The van der Waals surface area contributed by atoms with Gasteiger partial charge in [-0.05, 0) is 11.6 Å². The summed E-state index contributed by atoms with van der Waals surface area (Å²) in [6, 6.07) is 6.93.